The fraction of sp³-hybridized carbons (Fsp3) is 0.524. The molecule has 0 radical (unpaired) electrons. The number of amides is 1. The highest BCUT2D eigenvalue weighted by Gasteiger charge is 2.30. The van der Waals surface area contributed by atoms with Crippen molar-refractivity contribution in [2.24, 2.45) is 0 Å². The van der Waals surface area contributed by atoms with Crippen LogP contribution in [-0.4, -0.2) is 40.9 Å². The van der Waals surface area contributed by atoms with Gasteiger partial charge in [0.05, 0.1) is 11.6 Å². The molecule has 1 saturated carbocycles. The number of halogens is 3. The highest BCUT2D eigenvalue weighted by molar-refractivity contribution is 5.97. The SMILES string of the molecule is Cc1cc(C(=O)NC2CC(O)C2)nc2c(C(C)(C)C)cc(NCC(F)(F)F)cc12. The molecule has 2 aromatic rings. The largest absolute Gasteiger partial charge is 0.405 e. The van der Waals surface area contributed by atoms with Crippen molar-refractivity contribution in [2.75, 3.05) is 11.9 Å². The summed E-state index contributed by atoms with van der Waals surface area (Å²) in [5.41, 5.74) is 2.37. The molecular formula is C21H26F3N3O2. The fourth-order valence-electron chi connectivity index (χ4n) is 3.45. The predicted molar refractivity (Wildman–Crippen MR) is 106 cm³/mol. The first kappa shape index (κ1) is 21.4. The number of aromatic nitrogens is 1. The van der Waals surface area contributed by atoms with Crippen LogP contribution in [0.4, 0.5) is 18.9 Å². The maximum atomic E-state index is 12.6. The van der Waals surface area contributed by atoms with E-state index in [-0.39, 0.29) is 29.2 Å². The number of benzene rings is 1. The van der Waals surface area contributed by atoms with Crippen molar-refractivity contribution in [3.8, 4) is 0 Å². The third kappa shape index (κ3) is 4.98. The molecule has 1 aliphatic rings. The molecule has 29 heavy (non-hydrogen) atoms. The summed E-state index contributed by atoms with van der Waals surface area (Å²) in [7, 11) is 0. The monoisotopic (exact) mass is 409 g/mol. The quantitative estimate of drug-likeness (QED) is 0.712. The molecule has 8 heteroatoms. The Morgan fingerprint density at radius 1 is 1.21 bits per heavy atom. The number of anilines is 1. The Labute approximate surface area is 167 Å². The van der Waals surface area contributed by atoms with E-state index in [0.29, 0.717) is 29.4 Å². The molecule has 1 fully saturated rings. The van der Waals surface area contributed by atoms with E-state index in [1.54, 1.807) is 18.2 Å². The van der Waals surface area contributed by atoms with E-state index in [4.69, 9.17) is 0 Å². The normalized spacial score (nSPS) is 19.7. The van der Waals surface area contributed by atoms with E-state index in [9.17, 15) is 23.1 Å². The molecule has 1 heterocycles. The van der Waals surface area contributed by atoms with E-state index < -0.39 is 12.7 Å². The van der Waals surface area contributed by atoms with E-state index in [1.165, 1.54) is 0 Å². The standard InChI is InChI=1S/C21H26F3N3O2/c1-11-5-17(19(29)26-13-6-14(28)7-13)27-18-15(11)8-12(25-10-21(22,23)24)9-16(18)20(2,3)4/h5,8-9,13-14,25,28H,6-7,10H2,1-4H3,(H,26,29). The summed E-state index contributed by atoms with van der Waals surface area (Å²) in [6.07, 6.45) is -3.64. The van der Waals surface area contributed by atoms with E-state index in [0.717, 1.165) is 11.1 Å². The minimum absolute atomic E-state index is 0.0636. The van der Waals surface area contributed by atoms with Gasteiger partial charge in [-0.15, -0.1) is 0 Å². The van der Waals surface area contributed by atoms with Crippen molar-refractivity contribution in [1.29, 1.82) is 0 Å². The van der Waals surface area contributed by atoms with Gasteiger partial charge in [-0.05, 0) is 54.5 Å². The van der Waals surface area contributed by atoms with E-state index in [2.05, 4.69) is 15.6 Å². The minimum atomic E-state index is -4.32. The summed E-state index contributed by atoms with van der Waals surface area (Å²) < 4.78 is 37.9. The maximum Gasteiger partial charge on any atom is 0.405 e. The van der Waals surface area contributed by atoms with Crippen LogP contribution in [0.15, 0.2) is 18.2 Å². The Kier molecular flexibility index (Phi) is 5.51. The lowest BCUT2D eigenvalue weighted by atomic mass is 9.84. The third-order valence-corrected chi connectivity index (χ3v) is 5.10. The summed E-state index contributed by atoms with van der Waals surface area (Å²) >= 11 is 0. The minimum Gasteiger partial charge on any atom is -0.393 e. The maximum absolute atomic E-state index is 12.6. The number of aliphatic hydroxyl groups is 1. The number of carbonyl (C=O) groups excluding carboxylic acids is 1. The molecule has 0 atom stereocenters. The summed E-state index contributed by atoms with van der Waals surface area (Å²) in [4.78, 5) is 17.2. The van der Waals surface area contributed by atoms with Gasteiger partial charge in [0.2, 0.25) is 0 Å². The molecule has 1 aromatic carbocycles. The number of hydrogen-bond donors (Lipinski definition) is 3. The lowest BCUT2D eigenvalue weighted by Gasteiger charge is -2.31. The van der Waals surface area contributed by atoms with E-state index in [1.807, 2.05) is 27.7 Å². The highest BCUT2D eigenvalue weighted by atomic mass is 19.4. The Morgan fingerprint density at radius 3 is 2.41 bits per heavy atom. The second-order valence-corrected chi connectivity index (χ2v) is 8.76. The molecule has 1 amide bonds. The van der Waals surface area contributed by atoms with Crippen molar-refractivity contribution in [3.05, 3.63) is 35.0 Å². The van der Waals surface area contributed by atoms with Gasteiger partial charge in [-0.3, -0.25) is 4.79 Å². The second-order valence-electron chi connectivity index (χ2n) is 8.76. The molecule has 0 saturated heterocycles. The summed E-state index contributed by atoms with van der Waals surface area (Å²) in [5.74, 6) is -0.314. The number of nitrogens with one attached hydrogen (secondary N) is 2. The fourth-order valence-corrected chi connectivity index (χ4v) is 3.45. The Balaban J connectivity index is 2.01. The zero-order valence-electron chi connectivity index (χ0n) is 16.9. The zero-order chi connectivity index (χ0) is 21.6. The number of carbonyl (C=O) groups is 1. The van der Waals surface area contributed by atoms with Crippen molar-refractivity contribution < 1.29 is 23.1 Å². The van der Waals surface area contributed by atoms with Crippen LogP contribution in [0, 0.1) is 6.92 Å². The molecule has 0 unspecified atom stereocenters. The number of fused-ring (bicyclic) bond motifs is 1. The van der Waals surface area contributed by atoms with Gasteiger partial charge in [0.25, 0.3) is 5.91 Å². The van der Waals surface area contributed by atoms with Crippen LogP contribution in [0.25, 0.3) is 10.9 Å². The van der Waals surface area contributed by atoms with Crippen LogP contribution >= 0.6 is 0 Å². The lowest BCUT2D eigenvalue weighted by Crippen LogP contribution is -2.46. The van der Waals surface area contributed by atoms with Crippen LogP contribution in [-0.2, 0) is 5.41 Å². The second kappa shape index (κ2) is 7.48. The van der Waals surface area contributed by atoms with Gasteiger partial charge in [0, 0.05) is 17.1 Å². The average molecular weight is 409 g/mol. The zero-order valence-corrected chi connectivity index (χ0v) is 16.9. The van der Waals surface area contributed by atoms with Gasteiger partial charge in [-0.25, -0.2) is 4.98 Å². The first-order chi connectivity index (χ1) is 13.3. The number of rotatable bonds is 4. The number of nitrogens with zero attached hydrogens (tertiary/aromatic N) is 1. The number of aliphatic hydroxyl groups excluding tert-OH is 1. The van der Waals surface area contributed by atoms with Gasteiger partial charge in [-0.1, -0.05) is 20.8 Å². The molecule has 3 N–H and O–H groups in total. The highest BCUT2D eigenvalue weighted by Crippen LogP contribution is 2.34. The summed E-state index contributed by atoms with van der Waals surface area (Å²) in [5, 5.41) is 15.4. The first-order valence-corrected chi connectivity index (χ1v) is 9.59. The van der Waals surface area contributed by atoms with Crippen LogP contribution in [0.3, 0.4) is 0 Å². The molecule has 5 nitrogen and oxygen atoms in total. The van der Waals surface area contributed by atoms with E-state index >= 15 is 0 Å². The van der Waals surface area contributed by atoms with Crippen molar-refractivity contribution in [3.63, 3.8) is 0 Å². The predicted octanol–water partition coefficient (Wildman–Crippen LogP) is 4.07. The molecule has 0 bridgehead atoms. The molecule has 1 aliphatic carbocycles. The Hall–Kier alpha value is -2.35. The molecular weight excluding hydrogens is 383 g/mol. The van der Waals surface area contributed by atoms with Gasteiger partial charge < -0.3 is 15.7 Å². The van der Waals surface area contributed by atoms with Gasteiger partial charge in [0.1, 0.15) is 12.2 Å². The van der Waals surface area contributed by atoms with Gasteiger partial charge in [0.15, 0.2) is 0 Å². The number of aryl methyl sites for hydroxylation is 1. The lowest BCUT2D eigenvalue weighted by molar-refractivity contribution is -0.115. The van der Waals surface area contributed by atoms with Crippen LogP contribution in [0.2, 0.25) is 0 Å². The van der Waals surface area contributed by atoms with Crippen molar-refractivity contribution >= 4 is 22.5 Å². The smallest absolute Gasteiger partial charge is 0.393 e. The topological polar surface area (TPSA) is 74.2 Å². The third-order valence-electron chi connectivity index (χ3n) is 5.10. The number of alkyl halides is 3. The number of pyridine rings is 1. The molecule has 1 aromatic heterocycles. The van der Waals surface area contributed by atoms with Crippen molar-refractivity contribution in [1.82, 2.24) is 10.3 Å². The van der Waals surface area contributed by atoms with Gasteiger partial charge >= 0.3 is 6.18 Å². The molecule has 0 aliphatic heterocycles. The summed E-state index contributed by atoms with van der Waals surface area (Å²) in [6, 6.07) is 4.89. The molecule has 3 rings (SSSR count). The Bertz CT molecular complexity index is 929. The molecule has 158 valence electrons. The van der Waals surface area contributed by atoms with Crippen LogP contribution in [0.5, 0.6) is 0 Å². The van der Waals surface area contributed by atoms with Gasteiger partial charge in [-0.2, -0.15) is 13.2 Å². The first-order valence-electron chi connectivity index (χ1n) is 9.59. The average Bonchev–Trinajstić information content (AvgIpc) is 2.56. The van der Waals surface area contributed by atoms with Crippen LogP contribution in [0.1, 0.15) is 55.2 Å². The summed E-state index contributed by atoms with van der Waals surface area (Å²) in [6.45, 7) is 6.55. The number of hydrogen-bond acceptors (Lipinski definition) is 4. The van der Waals surface area contributed by atoms with Crippen molar-refractivity contribution in [2.45, 2.75) is 64.3 Å². The van der Waals surface area contributed by atoms with Crippen LogP contribution < -0.4 is 10.6 Å². The Morgan fingerprint density at radius 2 is 1.86 bits per heavy atom. The molecule has 0 spiro atoms.